The fourth-order valence-corrected chi connectivity index (χ4v) is 2.47. The SMILES string of the molecule is CC(C)N(C(=O)C1(C)CC(C#N)ON1C)C(C)C. The molecule has 0 radical (unpaired) electrons. The van der Waals surface area contributed by atoms with E-state index in [1.807, 2.05) is 39.5 Å². The zero-order valence-corrected chi connectivity index (χ0v) is 12.1. The highest BCUT2D eigenvalue weighted by molar-refractivity contribution is 5.86. The van der Waals surface area contributed by atoms with Crippen LogP contribution in [0.4, 0.5) is 0 Å². The van der Waals surface area contributed by atoms with Crippen LogP contribution in [-0.2, 0) is 9.63 Å². The van der Waals surface area contributed by atoms with Crippen LogP contribution in [0.1, 0.15) is 41.0 Å². The number of likely N-dealkylation sites (N-methyl/N-ethyl adjacent to an activating group) is 1. The molecule has 1 aliphatic heterocycles. The Bertz CT molecular complexity index is 354. The number of hydrogen-bond donors (Lipinski definition) is 0. The first kappa shape index (κ1) is 14.9. The second-order valence-electron chi connectivity index (χ2n) is 5.60. The average Bonchev–Trinajstić information content (AvgIpc) is 2.55. The van der Waals surface area contributed by atoms with E-state index in [9.17, 15) is 4.79 Å². The van der Waals surface area contributed by atoms with Gasteiger partial charge in [-0.25, -0.2) is 0 Å². The maximum absolute atomic E-state index is 12.7. The minimum absolute atomic E-state index is 0.0211. The fraction of sp³-hybridized carbons (Fsp3) is 0.846. The van der Waals surface area contributed by atoms with Crippen LogP contribution in [0.2, 0.25) is 0 Å². The Hall–Kier alpha value is -1.12. The first-order valence-corrected chi connectivity index (χ1v) is 6.37. The predicted octanol–water partition coefficient (Wildman–Crippen LogP) is 1.55. The zero-order chi connectivity index (χ0) is 14.1. The van der Waals surface area contributed by atoms with E-state index >= 15 is 0 Å². The molecule has 1 aliphatic rings. The van der Waals surface area contributed by atoms with E-state index < -0.39 is 11.6 Å². The van der Waals surface area contributed by atoms with Gasteiger partial charge in [-0.3, -0.25) is 9.63 Å². The van der Waals surface area contributed by atoms with Crippen LogP contribution in [0.5, 0.6) is 0 Å². The molecular weight excluding hydrogens is 230 g/mol. The molecule has 0 aromatic rings. The molecule has 0 aliphatic carbocycles. The van der Waals surface area contributed by atoms with Crippen LogP contribution < -0.4 is 0 Å². The van der Waals surface area contributed by atoms with Gasteiger partial charge >= 0.3 is 0 Å². The number of amides is 1. The molecule has 2 atom stereocenters. The second kappa shape index (κ2) is 5.25. The van der Waals surface area contributed by atoms with Gasteiger partial charge in [0.15, 0.2) is 6.10 Å². The van der Waals surface area contributed by atoms with E-state index in [1.165, 1.54) is 5.06 Å². The Balaban J connectivity index is 2.98. The molecule has 1 fully saturated rings. The smallest absolute Gasteiger partial charge is 0.245 e. The summed E-state index contributed by atoms with van der Waals surface area (Å²) < 4.78 is 0. The standard InChI is InChI=1S/C13H23N3O2/c1-9(2)16(10(3)4)12(17)13(5)7-11(8-14)18-15(13)6/h9-11H,7H2,1-6H3. The van der Waals surface area contributed by atoms with Gasteiger partial charge in [-0.15, -0.1) is 0 Å². The van der Waals surface area contributed by atoms with Gasteiger partial charge in [0, 0.05) is 25.6 Å². The summed E-state index contributed by atoms with van der Waals surface area (Å²) in [6.07, 6.45) is -0.125. The quantitative estimate of drug-likeness (QED) is 0.765. The first-order chi connectivity index (χ1) is 8.24. The molecule has 1 amide bonds. The largest absolute Gasteiger partial charge is 0.336 e. The summed E-state index contributed by atoms with van der Waals surface area (Å²) in [5, 5.41) is 10.5. The third kappa shape index (κ3) is 2.50. The highest BCUT2D eigenvalue weighted by Crippen LogP contribution is 2.32. The number of hydrogen-bond acceptors (Lipinski definition) is 4. The number of rotatable bonds is 3. The van der Waals surface area contributed by atoms with Crippen molar-refractivity contribution < 1.29 is 9.63 Å². The van der Waals surface area contributed by atoms with Crippen LogP contribution in [0, 0.1) is 11.3 Å². The van der Waals surface area contributed by atoms with Gasteiger partial charge in [0.2, 0.25) is 5.91 Å². The molecule has 102 valence electrons. The molecule has 0 bridgehead atoms. The summed E-state index contributed by atoms with van der Waals surface area (Å²) in [5.41, 5.74) is -0.755. The van der Waals surface area contributed by atoms with Crippen LogP contribution in [0.15, 0.2) is 0 Å². The fourth-order valence-electron chi connectivity index (χ4n) is 2.47. The molecule has 5 nitrogen and oxygen atoms in total. The lowest BCUT2D eigenvalue weighted by atomic mass is 9.93. The molecule has 0 saturated carbocycles. The number of carbonyl (C=O) groups is 1. The average molecular weight is 253 g/mol. The van der Waals surface area contributed by atoms with Crippen molar-refractivity contribution in [3.8, 4) is 6.07 Å². The molecule has 0 spiro atoms. The lowest BCUT2D eigenvalue weighted by molar-refractivity contribution is -0.177. The summed E-state index contributed by atoms with van der Waals surface area (Å²) >= 11 is 0. The summed E-state index contributed by atoms with van der Waals surface area (Å²) in [6.45, 7) is 9.83. The van der Waals surface area contributed by atoms with Crippen molar-refractivity contribution in [1.82, 2.24) is 9.96 Å². The molecule has 5 heteroatoms. The van der Waals surface area contributed by atoms with Crippen LogP contribution in [-0.4, -0.2) is 46.6 Å². The van der Waals surface area contributed by atoms with Gasteiger partial charge in [0.25, 0.3) is 0 Å². The van der Waals surface area contributed by atoms with Crippen molar-refractivity contribution >= 4 is 5.91 Å². The van der Waals surface area contributed by atoms with E-state index in [-0.39, 0.29) is 18.0 Å². The molecule has 1 saturated heterocycles. The first-order valence-electron chi connectivity index (χ1n) is 6.37. The van der Waals surface area contributed by atoms with E-state index in [1.54, 1.807) is 7.05 Å². The topological polar surface area (TPSA) is 56.6 Å². The number of hydroxylamine groups is 2. The summed E-state index contributed by atoms with van der Waals surface area (Å²) in [4.78, 5) is 19.9. The number of nitrogens with zero attached hydrogens (tertiary/aromatic N) is 3. The van der Waals surface area contributed by atoms with E-state index in [0.717, 1.165) is 0 Å². The van der Waals surface area contributed by atoms with Crippen LogP contribution in [0.3, 0.4) is 0 Å². The molecular formula is C13H23N3O2. The van der Waals surface area contributed by atoms with Crippen molar-refractivity contribution in [3.05, 3.63) is 0 Å². The maximum Gasteiger partial charge on any atom is 0.245 e. The minimum Gasteiger partial charge on any atom is -0.336 e. The molecule has 1 heterocycles. The Kier molecular flexibility index (Phi) is 4.36. The van der Waals surface area contributed by atoms with Crippen molar-refractivity contribution in [2.75, 3.05) is 7.05 Å². The van der Waals surface area contributed by atoms with Gasteiger partial charge in [0.05, 0.1) is 6.07 Å². The number of nitriles is 1. The van der Waals surface area contributed by atoms with Crippen molar-refractivity contribution in [3.63, 3.8) is 0 Å². The lowest BCUT2D eigenvalue weighted by Crippen LogP contribution is -2.56. The molecule has 18 heavy (non-hydrogen) atoms. The van der Waals surface area contributed by atoms with Crippen molar-refractivity contribution in [1.29, 1.82) is 5.26 Å². The molecule has 2 unspecified atom stereocenters. The number of carbonyl (C=O) groups excluding carboxylic acids is 1. The summed E-state index contributed by atoms with van der Waals surface area (Å²) in [5.74, 6) is 0.0211. The third-order valence-electron chi connectivity index (χ3n) is 3.52. The summed E-state index contributed by atoms with van der Waals surface area (Å²) in [6, 6.07) is 2.32. The predicted molar refractivity (Wildman–Crippen MR) is 68.4 cm³/mol. The molecule has 0 aromatic carbocycles. The summed E-state index contributed by atoms with van der Waals surface area (Å²) in [7, 11) is 1.72. The second-order valence-corrected chi connectivity index (χ2v) is 5.60. The normalized spacial score (nSPS) is 28.7. The van der Waals surface area contributed by atoms with Gasteiger partial charge in [-0.05, 0) is 34.6 Å². The third-order valence-corrected chi connectivity index (χ3v) is 3.52. The van der Waals surface area contributed by atoms with Gasteiger partial charge in [-0.2, -0.15) is 10.3 Å². The highest BCUT2D eigenvalue weighted by atomic mass is 16.7. The van der Waals surface area contributed by atoms with E-state index in [2.05, 4.69) is 6.07 Å². The highest BCUT2D eigenvalue weighted by Gasteiger charge is 2.50. The molecule has 0 aromatic heterocycles. The van der Waals surface area contributed by atoms with Crippen molar-refractivity contribution in [2.45, 2.75) is 64.8 Å². The van der Waals surface area contributed by atoms with Gasteiger partial charge in [-0.1, -0.05) is 0 Å². The van der Waals surface area contributed by atoms with Gasteiger partial charge < -0.3 is 4.90 Å². The Labute approximate surface area is 109 Å². The van der Waals surface area contributed by atoms with Crippen LogP contribution >= 0.6 is 0 Å². The van der Waals surface area contributed by atoms with E-state index in [4.69, 9.17) is 10.1 Å². The Morgan fingerprint density at radius 2 is 1.94 bits per heavy atom. The monoisotopic (exact) mass is 253 g/mol. The van der Waals surface area contributed by atoms with Crippen molar-refractivity contribution in [2.24, 2.45) is 0 Å². The molecule has 0 N–H and O–H groups in total. The lowest BCUT2D eigenvalue weighted by Gasteiger charge is -2.39. The van der Waals surface area contributed by atoms with E-state index in [0.29, 0.717) is 6.42 Å². The zero-order valence-electron chi connectivity index (χ0n) is 12.1. The van der Waals surface area contributed by atoms with Gasteiger partial charge in [0.1, 0.15) is 5.54 Å². The van der Waals surface area contributed by atoms with Crippen LogP contribution in [0.25, 0.3) is 0 Å². The minimum atomic E-state index is -0.755. The maximum atomic E-state index is 12.7. The Morgan fingerprint density at radius 3 is 2.28 bits per heavy atom. The Morgan fingerprint density at radius 1 is 1.44 bits per heavy atom. The molecule has 1 rings (SSSR count).